The summed E-state index contributed by atoms with van der Waals surface area (Å²) in [6.07, 6.45) is 0. The normalized spacial score (nSPS) is 10.7. The first kappa shape index (κ1) is 10.5. The second-order valence-corrected chi connectivity index (χ2v) is 3.87. The maximum atomic E-state index is 9.03. The molecule has 0 atom stereocenters. The van der Waals surface area contributed by atoms with Crippen LogP contribution in [0.2, 0.25) is 0 Å². The molecule has 0 aliphatic rings. The second-order valence-electron chi connectivity index (χ2n) is 3.87. The number of benzene rings is 1. The van der Waals surface area contributed by atoms with E-state index in [1.165, 1.54) is 0 Å². The van der Waals surface area contributed by atoms with Crippen LogP contribution in [0.5, 0.6) is 5.75 Å². The Balaban J connectivity index is 2.77. The van der Waals surface area contributed by atoms with Gasteiger partial charge < -0.3 is 9.30 Å². The third kappa shape index (κ3) is 1.50. The summed E-state index contributed by atoms with van der Waals surface area (Å²) < 4.78 is 7.09. The van der Waals surface area contributed by atoms with Crippen molar-refractivity contribution < 1.29 is 4.74 Å². The molecule has 1 aromatic heterocycles. The van der Waals surface area contributed by atoms with E-state index in [1.54, 1.807) is 7.11 Å². The Kier molecular flexibility index (Phi) is 2.53. The Morgan fingerprint density at radius 1 is 1.44 bits per heavy atom. The molecule has 0 aliphatic heterocycles. The maximum Gasteiger partial charge on any atom is 0.214 e. The fourth-order valence-electron chi connectivity index (χ4n) is 1.80. The summed E-state index contributed by atoms with van der Waals surface area (Å²) >= 11 is 0. The van der Waals surface area contributed by atoms with Gasteiger partial charge in [0.1, 0.15) is 11.8 Å². The zero-order valence-electron chi connectivity index (χ0n) is 9.56. The van der Waals surface area contributed by atoms with E-state index in [1.807, 2.05) is 36.6 Å². The molecule has 82 valence electrons. The van der Waals surface area contributed by atoms with Crippen molar-refractivity contribution in [3.8, 4) is 11.8 Å². The van der Waals surface area contributed by atoms with Crippen molar-refractivity contribution in [3.05, 3.63) is 24.0 Å². The van der Waals surface area contributed by atoms with Crippen LogP contribution < -0.4 is 4.74 Å². The summed E-state index contributed by atoms with van der Waals surface area (Å²) in [5, 5.41) is 9.03. The van der Waals surface area contributed by atoms with Crippen molar-refractivity contribution in [2.24, 2.45) is 0 Å². The van der Waals surface area contributed by atoms with Crippen molar-refractivity contribution >= 4 is 11.0 Å². The van der Waals surface area contributed by atoms with Crippen LogP contribution >= 0.6 is 0 Å². The standard InChI is InChI=1S/C12H13N3O/c1-8(2)15-11-6-9(16-3)4-5-10(11)14-12(15)7-13/h4-6,8H,1-3H3. The molecule has 0 spiro atoms. The van der Waals surface area contributed by atoms with Crippen LogP contribution in [0.1, 0.15) is 25.7 Å². The average molecular weight is 215 g/mol. The number of methoxy groups -OCH3 is 1. The van der Waals surface area contributed by atoms with Gasteiger partial charge in [0.05, 0.1) is 18.1 Å². The largest absolute Gasteiger partial charge is 0.497 e. The van der Waals surface area contributed by atoms with Crippen LogP contribution in [0.25, 0.3) is 11.0 Å². The quantitative estimate of drug-likeness (QED) is 0.773. The minimum absolute atomic E-state index is 0.201. The number of nitriles is 1. The molecule has 2 aromatic rings. The van der Waals surface area contributed by atoms with Gasteiger partial charge in [-0.15, -0.1) is 0 Å². The number of imidazole rings is 1. The zero-order chi connectivity index (χ0) is 11.7. The molecule has 1 aromatic carbocycles. The summed E-state index contributed by atoms with van der Waals surface area (Å²) in [6, 6.07) is 7.94. The molecule has 0 saturated carbocycles. The van der Waals surface area contributed by atoms with Crippen LogP contribution in [-0.2, 0) is 0 Å². The van der Waals surface area contributed by atoms with E-state index >= 15 is 0 Å². The molecule has 0 saturated heterocycles. The molecule has 0 amide bonds. The topological polar surface area (TPSA) is 50.8 Å². The fourth-order valence-corrected chi connectivity index (χ4v) is 1.80. The Labute approximate surface area is 94.1 Å². The lowest BCUT2D eigenvalue weighted by Crippen LogP contribution is -2.03. The number of aromatic nitrogens is 2. The number of ether oxygens (including phenoxy) is 1. The van der Waals surface area contributed by atoms with E-state index in [0.717, 1.165) is 16.8 Å². The molecule has 0 radical (unpaired) electrons. The van der Waals surface area contributed by atoms with Crippen LogP contribution in [0, 0.1) is 11.3 Å². The van der Waals surface area contributed by atoms with Crippen molar-refractivity contribution in [2.75, 3.05) is 7.11 Å². The van der Waals surface area contributed by atoms with Gasteiger partial charge in [-0.1, -0.05) is 0 Å². The van der Waals surface area contributed by atoms with Gasteiger partial charge in [0.15, 0.2) is 0 Å². The summed E-state index contributed by atoms with van der Waals surface area (Å²) in [5.74, 6) is 1.22. The van der Waals surface area contributed by atoms with Gasteiger partial charge in [-0.25, -0.2) is 4.98 Å². The molecule has 0 unspecified atom stereocenters. The molecular weight excluding hydrogens is 202 g/mol. The van der Waals surface area contributed by atoms with Crippen molar-refractivity contribution in [1.82, 2.24) is 9.55 Å². The first-order valence-corrected chi connectivity index (χ1v) is 5.13. The highest BCUT2D eigenvalue weighted by Gasteiger charge is 2.13. The number of nitrogens with zero attached hydrogens (tertiary/aromatic N) is 3. The van der Waals surface area contributed by atoms with E-state index < -0.39 is 0 Å². The summed E-state index contributed by atoms with van der Waals surface area (Å²) in [5.41, 5.74) is 1.76. The van der Waals surface area contributed by atoms with Gasteiger partial charge in [-0.05, 0) is 26.0 Å². The molecule has 4 heteroatoms. The van der Waals surface area contributed by atoms with Gasteiger partial charge >= 0.3 is 0 Å². The SMILES string of the molecule is COc1ccc2nc(C#N)n(C(C)C)c2c1. The van der Waals surface area contributed by atoms with Crippen molar-refractivity contribution in [3.63, 3.8) is 0 Å². The first-order valence-electron chi connectivity index (χ1n) is 5.13. The Hall–Kier alpha value is -2.02. The lowest BCUT2D eigenvalue weighted by atomic mass is 10.2. The lowest BCUT2D eigenvalue weighted by Gasteiger charge is -2.09. The maximum absolute atomic E-state index is 9.03. The van der Waals surface area contributed by atoms with Gasteiger partial charge in [0, 0.05) is 12.1 Å². The molecule has 0 aliphatic carbocycles. The highest BCUT2D eigenvalue weighted by Crippen LogP contribution is 2.24. The number of hydrogen-bond acceptors (Lipinski definition) is 3. The Bertz CT molecular complexity index is 563. The fraction of sp³-hybridized carbons (Fsp3) is 0.333. The monoisotopic (exact) mass is 215 g/mol. The number of rotatable bonds is 2. The van der Waals surface area contributed by atoms with Gasteiger partial charge in [0.2, 0.25) is 5.82 Å². The van der Waals surface area contributed by atoms with Crippen molar-refractivity contribution in [1.29, 1.82) is 5.26 Å². The molecule has 1 heterocycles. The third-order valence-corrected chi connectivity index (χ3v) is 2.51. The van der Waals surface area contributed by atoms with Gasteiger partial charge in [-0.2, -0.15) is 5.26 Å². The second kappa shape index (κ2) is 3.86. The van der Waals surface area contributed by atoms with Gasteiger partial charge in [-0.3, -0.25) is 0 Å². The van der Waals surface area contributed by atoms with Crippen LogP contribution in [0.15, 0.2) is 18.2 Å². The van der Waals surface area contributed by atoms with Crippen LogP contribution in [0.3, 0.4) is 0 Å². The number of fused-ring (bicyclic) bond motifs is 1. The summed E-state index contributed by atoms with van der Waals surface area (Å²) in [4.78, 5) is 4.27. The summed E-state index contributed by atoms with van der Waals surface area (Å²) in [7, 11) is 1.63. The molecule has 0 bridgehead atoms. The average Bonchev–Trinajstić information content (AvgIpc) is 2.65. The van der Waals surface area contributed by atoms with E-state index in [-0.39, 0.29) is 6.04 Å². The smallest absolute Gasteiger partial charge is 0.214 e. The van der Waals surface area contributed by atoms with E-state index in [0.29, 0.717) is 5.82 Å². The summed E-state index contributed by atoms with van der Waals surface area (Å²) in [6.45, 7) is 4.06. The highest BCUT2D eigenvalue weighted by molar-refractivity contribution is 5.78. The highest BCUT2D eigenvalue weighted by atomic mass is 16.5. The minimum Gasteiger partial charge on any atom is -0.497 e. The van der Waals surface area contributed by atoms with E-state index in [4.69, 9.17) is 10.00 Å². The number of hydrogen-bond donors (Lipinski definition) is 0. The predicted molar refractivity (Wildman–Crippen MR) is 61.4 cm³/mol. The molecular formula is C12H13N3O. The predicted octanol–water partition coefficient (Wildman–Crippen LogP) is 2.50. The Morgan fingerprint density at radius 2 is 2.19 bits per heavy atom. The molecule has 16 heavy (non-hydrogen) atoms. The van der Waals surface area contributed by atoms with Crippen LogP contribution in [0.4, 0.5) is 0 Å². The molecule has 0 N–H and O–H groups in total. The van der Waals surface area contributed by atoms with E-state index in [9.17, 15) is 0 Å². The lowest BCUT2D eigenvalue weighted by molar-refractivity contribution is 0.415. The third-order valence-electron chi connectivity index (χ3n) is 2.51. The van der Waals surface area contributed by atoms with Crippen molar-refractivity contribution in [2.45, 2.75) is 19.9 Å². The van der Waals surface area contributed by atoms with Crippen LogP contribution in [-0.4, -0.2) is 16.7 Å². The molecule has 0 fully saturated rings. The van der Waals surface area contributed by atoms with Gasteiger partial charge in [0.25, 0.3) is 0 Å². The van der Waals surface area contributed by atoms with E-state index in [2.05, 4.69) is 11.1 Å². The zero-order valence-corrected chi connectivity index (χ0v) is 9.56. The molecule has 4 nitrogen and oxygen atoms in total. The first-order chi connectivity index (χ1) is 7.67. The Morgan fingerprint density at radius 3 is 2.75 bits per heavy atom. The molecule has 2 rings (SSSR count). The minimum atomic E-state index is 0.201.